The molecule has 0 saturated heterocycles. The minimum atomic E-state index is -0.145. The van der Waals surface area contributed by atoms with E-state index in [1.54, 1.807) is 48.2 Å². The van der Waals surface area contributed by atoms with Gasteiger partial charge in [-0.05, 0) is 54.3 Å². The molecule has 0 unspecified atom stereocenters. The Morgan fingerprint density at radius 1 is 1.21 bits per heavy atom. The number of carbonyl (C=O) groups is 1. The summed E-state index contributed by atoms with van der Waals surface area (Å²) in [5.74, 6) is 1.45. The summed E-state index contributed by atoms with van der Waals surface area (Å²) in [6.45, 7) is 0.369. The molecule has 5 nitrogen and oxygen atoms in total. The highest BCUT2D eigenvalue weighted by molar-refractivity contribution is 7.98. The van der Waals surface area contributed by atoms with Crippen molar-refractivity contribution in [3.8, 4) is 5.75 Å². The number of carbonyl (C=O) groups excluding carboxylic acids is 1. The van der Waals surface area contributed by atoms with Crippen LogP contribution in [0, 0.1) is 0 Å². The second-order valence-electron chi connectivity index (χ2n) is 6.01. The molecule has 148 valence electrons. The van der Waals surface area contributed by atoms with Gasteiger partial charge in [0.05, 0.1) is 6.04 Å². The van der Waals surface area contributed by atoms with E-state index in [1.807, 2.05) is 42.1 Å². The van der Waals surface area contributed by atoms with Crippen LogP contribution in [0.1, 0.15) is 17.5 Å². The maximum Gasteiger partial charge on any atom is 0.244 e. The number of thiocarbonyl (C=S) groups is 1. The fourth-order valence-corrected chi connectivity index (χ4v) is 3.06. The van der Waals surface area contributed by atoms with E-state index in [0.717, 1.165) is 17.7 Å². The number of thioether (sulfide) groups is 1. The predicted octanol–water partition coefficient (Wildman–Crippen LogP) is 3.67. The molecule has 1 amide bonds. The first-order chi connectivity index (χ1) is 13.6. The van der Waals surface area contributed by atoms with E-state index < -0.39 is 0 Å². The number of hydrogen-bond donors (Lipinski definition) is 3. The lowest BCUT2D eigenvalue weighted by atomic mass is 10.2. The Labute approximate surface area is 175 Å². The van der Waals surface area contributed by atoms with E-state index in [2.05, 4.69) is 5.32 Å². The van der Waals surface area contributed by atoms with Crippen molar-refractivity contribution in [1.82, 2.24) is 10.8 Å². The molecule has 3 N–H and O–H groups in total. The highest BCUT2D eigenvalue weighted by atomic mass is 32.2. The van der Waals surface area contributed by atoms with Gasteiger partial charge in [-0.25, -0.2) is 0 Å². The van der Waals surface area contributed by atoms with Gasteiger partial charge in [0.15, 0.2) is 0 Å². The molecule has 7 heteroatoms. The molecule has 2 rings (SSSR count). The normalized spacial score (nSPS) is 11.8. The van der Waals surface area contributed by atoms with Crippen LogP contribution in [0.3, 0.4) is 0 Å². The standard InChI is InChI=1S/C21H24N2O3S2/c1-28-14-13-18(22-20(24)12-7-16-5-3-2-4-6-16)15-26-19-10-8-17(9-11-19)21(27)23-25/h2-12,18,25H,13-15H2,1H3,(H,22,24)(H,23,27)/t18-/m1/s1. The summed E-state index contributed by atoms with van der Waals surface area (Å²) in [6.07, 6.45) is 6.17. The Kier molecular flexibility index (Phi) is 9.54. The zero-order chi connectivity index (χ0) is 20.2. The van der Waals surface area contributed by atoms with Crippen molar-refractivity contribution in [3.63, 3.8) is 0 Å². The molecule has 0 fully saturated rings. The summed E-state index contributed by atoms with van der Waals surface area (Å²) < 4.78 is 5.82. The average molecular weight is 417 g/mol. The van der Waals surface area contributed by atoms with E-state index in [4.69, 9.17) is 22.2 Å². The number of hydrogen-bond acceptors (Lipinski definition) is 5. The molecule has 0 bridgehead atoms. The maximum absolute atomic E-state index is 12.2. The predicted molar refractivity (Wildman–Crippen MR) is 119 cm³/mol. The Morgan fingerprint density at radius 3 is 2.57 bits per heavy atom. The first kappa shape index (κ1) is 21.9. The Bertz CT molecular complexity index is 780. The summed E-state index contributed by atoms with van der Waals surface area (Å²) in [4.78, 5) is 12.5. The Balaban J connectivity index is 1.90. The number of benzene rings is 2. The average Bonchev–Trinajstić information content (AvgIpc) is 2.74. The lowest BCUT2D eigenvalue weighted by Crippen LogP contribution is -2.38. The molecule has 1 atom stereocenters. The van der Waals surface area contributed by atoms with E-state index in [9.17, 15) is 4.79 Å². The van der Waals surface area contributed by atoms with Crippen LogP contribution in [0.5, 0.6) is 5.75 Å². The van der Waals surface area contributed by atoms with E-state index in [-0.39, 0.29) is 16.9 Å². The number of hydroxylamine groups is 1. The van der Waals surface area contributed by atoms with Gasteiger partial charge in [-0.1, -0.05) is 42.5 Å². The second-order valence-corrected chi connectivity index (χ2v) is 7.40. The first-order valence-electron chi connectivity index (χ1n) is 8.82. The van der Waals surface area contributed by atoms with Crippen molar-refractivity contribution in [2.24, 2.45) is 0 Å². The molecule has 2 aromatic carbocycles. The monoisotopic (exact) mass is 416 g/mol. The van der Waals surface area contributed by atoms with E-state index in [1.165, 1.54) is 0 Å². The molecule has 0 aromatic heterocycles. The van der Waals surface area contributed by atoms with Crippen LogP contribution in [-0.4, -0.2) is 40.8 Å². The quantitative estimate of drug-likeness (QED) is 0.312. The van der Waals surface area contributed by atoms with Crippen LogP contribution in [0.4, 0.5) is 0 Å². The molecule has 0 aliphatic rings. The molecule has 0 aliphatic heterocycles. The second kappa shape index (κ2) is 12.2. The van der Waals surface area contributed by atoms with E-state index in [0.29, 0.717) is 17.9 Å². The van der Waals surface area contributed by atoms with Crippen molar-refractivity contribution in [3.05, 3.63) is 71.8 Å². The molecule has 28 heavy (non-hydrogen) atoms. The van der Waals surface area contributed by atoms with Gasteiger partial charge in [-0.3, -0.25) is 15.5 Å². The van der Waals surface area contributed by atoms with Gasteiger partial charge in [0.1, 0.15) is 17.3 Å². The molecule has 0 spiro atoms. The Hall–Kier alpha value is -2.35. The number of rotatable bonds is 10. The van der Waals surface area contributed by atoms with Gasteiger partial charge in [-0.15, -0.1) is 0 Å². The zero-order valence-corrected chi connectivity index (χ0v) is 17.3. The fourth-order valence-electron chi connectivity index (χ4n) is 2.41. The van der Waals surface area contributed by atoms with Crippen LogP contribution in [0.15, 0.2) is 60.7 Å². The topological polar surface area (TPSA) is 70.6 Å². The third-order valence-corrected chi connectivity index (χ3v) is 4.88. The SMILES string of the molecule is CSCC[C@H](COc1ccc(C(=S)NO)cc1)NC(=O)C=Cc1ccccc1. The summed E-state index contributed by atoms with van der Waals surface area (Å²) in [7, 11) is 0. The molecular formula is C21H24N2O3S2. The van der Waals surface area contributed by atoms with E-state index >= 15 is 0 Å². The highest BCUT2D eigenvalue weighted by Gasteiger charge is 2.12. The number of amides is 1. The third-order valence-electron chi connectivity index (χ3n) is 3.91. The maximum atomic E-state index is 12.2. The Morgan fingerprint density at radius 2 is 1.93 bits per heavy atom. The van der Waals surface area contributed by atoms with Crippen molar-refractivity contribution in [1.29, 1.82) is 0 Å². The van der Waals surface area contributed by atoms with Gasteiger partial charge in [0.25, 0.3) is 0 Å². The molecule has 0 aliphatic carbocycles. The molecule has 2 aromatic rings. The zero-order valence-electron chi connectivity index (χ0n) is 15.6. The van der Waals surface area contributed by atoms with Gasteiger partial charge in [-0.2, -0.15) is 11.8 Å². The van der Waals surface area contributed by atoms with Crippen molar-refractivity contribution in [2.75, 3.05) is 18.6 Å². The number of nitrogens with one attached hydrogen (secondary N) is 2. The lowest BCUT2D eigenvalue weighted by Gasteiger charge is -2.18. The fraction of sp³-hybridized carbons (Fsp3) is 0.238. The van der Waals surface area contributed by atoms with Crippen molar-refractivity contribution < 1.29 is 14.7 Å². The molecule has 0 saturated carbocycles. The van der Waals surface area contributed by atoms with Gasteiger partial charge < -0.3 is 10.1 Å². The molecular weight excluding hydrogens is 392 g/mol. The first-order valence-corrected chi connectivity index (χ1v) is 10.6. The third kappa shape index (κ3) is 7.72. The lowest BCUT2D eigenvalue weighted by molar-refractivity contribution is -0.117. The van der Waals surface area contributed by atoms with Crippen molar-refractivity contribution in [2.45, 2.75) is 12.5 Å². The van der Waals surface area contributed by atoms with Crippen molar-refractivity contribution >= 4 is 41.0 Å². The summed E-state index contributed by atoms with van der Waals surface area (Å²) >= 11 is 6.70. The van der Waals surface area contributed by atoms with Gasteiger partial charge in [0.2, 0.25) is 5.91 Å². The molecule has 0 heterocycles. The minimum absolute atomic E-state index is 0.0970. The van der Waals surface area contributed by atoms with Crippen LogP contribution in [0.25, 0.3) is 6.08 Å². The largest absolute Gasteiger partial charge is 0.491 e. The van der Waals surface area contributed by atoms with Crippen LogP contribution >= 0.6 is 24.0 Å². The smallest absolute Gasteiger partial charge is 0.244 e. The van der Waals surface area contributed by atoms with Gasteiger partial charge >= 0.3 is 0 Å². The minimum Gasteiger partial charge on any atom is -0.491 e. The highest BCUT2D eigenvalue weighted by Crippen LogP contribution is 2.14. The summed E-state index contributed by atoms with van der Waals surface area (Å²) in [5, 5.41) is 11.8. The van der Waals surface area contributed by atoms with Crippen LogP contribution in [-0.2, 0) is 4.79 Å². The van der Waals surface area contributed by atoms with Gasteiger partial charge in [0, 0.05) is 11.6 Å². The van der Waals surface area contributed by atoms with Crippen LogP contribution in [0.2, 0.25) is 0 Å². The summed E-state index contributed by atoms with van der Waals surface area (Å²) in [5.41, 5.74) is 3.63. The van der Waals surface area contributed by atoms with Crippen LogP contribution < -0.4 is 15.5 Å². The summed E-state index contributed by atoms with van der Waals surface area (Å²) in [6, 6.07) is 16.7. The number of ether oxygens (including phenoxy) is 1. The molecule has 0 radical (unpaired) electrons.